The standard InChI is InChI=1S/C25H34Cl2N8.3ClH/c1-34(19-10-11-20(26)21(27)14-19)13-12-29-23-22-24(35(15-30-22)18-4-2-3-5-18)33-25(32-23)31-17-8-6-16(28)7-9-17;;;/h10-11,14-18H,2-9,12-13,28H2,1H3,(H2,29,31,32,33);3*1H. The second-order valence-electron chi connectivity index (χ2n) is 9.86. The molecule has 8 nitrogen and oxygen atoms in total. The molecule has 0 bridgehead atoms. The van der Waals surface area contributed by atoms with Crippen LogP contribution >= 0.6 is 60.4 Å². The summed E-state index contributed by atoms with van der Waals surface area (Å²) in [5, 5.41) is 8.21. The third-order valence-electron chi connectivity index (χ3n) is 7.33. The lowest BCUT2D eigenvalue weighted by Gasteiger charge is -2.27. The summed E-state index contributed by atoms with van der Waals surface area (Å²) < 4.78 is 2.25. The highest BCUT2D eigenvalue weighted by molar-refractivity contribution is 6.42. The van der Waals surface area contributed by atoms with Gasteiger partial charge in [-0.15, -0.1) is 37.2 Å². The fourth-order valence-electron chi connectivity index (χ4n) is 5.19. The van der Waals surface area contributed by atoms with E-state index < -0.39 is 0 Å². The number of nitrogens with two attached hydrogens (primary N) is 1. The van der Waals surface area contributed by atoms with Crippen LogP contribution in [0.1, 0.15) is 57.4 Å². The number of rotatable bonds is 8. The molecule has 0 saturated heterocycles. The molecule has 4 N–H and O–H groups in total. The normalized spacial score (nSPS) is 19.3. The number of fused-ring (bicyclic) bond motifs is 1. The summed E-state index contributed by atoms with van der Waals surface area (Å²) in [6, 6.07) is 6.80. The van der Waals surface area contributed by atoms with Crippen molar-refractivity contribution in [2.24, 2.45) is 5.73 Å². The lowest BCUT2D eigenvalue weighted by Crippen LogP contribution is -2.33. The average molecular weight is 627 g/mol. The number of hydrogen-bond donors (Lipinski definition) is 3. The Labute approximate surface area is 253 Å². The summed E-state index contributed by atoms with van der Waals surface area (Å²) in [6.07, 6.45) is 11.0. The topological polar surface area (TPSA) is 96.9 Å². The molecule has 0 spiro atoms. The van der Waals surface area contributed by atoms with Crippen molar-refractivity contribution in [2.45, 2.75) is 69.5 Å². The minimum Gasteiger partial charge on any atom is -0.373 e. The Kier molecular flexibility index (Phi) is 12.8. The predicted octanol–water partition coefficient (Wildman–Crippen LogP) is 6.74. The Morgan fingerprint density at radius 3 is 2.39 bits per heavy atom. The Morgan fingerprint density at radius 2 is 1.71 bits per heavy atom. The molecule has 0 aliphatic heterocycles. The Morgan fingerprint density at radius 1 is 1.00 bits per heavy atom. The van der Waals surface area contributed by atoms with Crippen molar-refractivity contribution in [3.8, 4) is 0 Å². The quantitative estimate of drug-likeness (QED) is 0.255. The second kappa shape index (κ2) is 14.8. The minimum absolute atomic E-state index is 0. The highest BCUT2D eigenvalue weighted by Gasteiger charge is 2.24. The maximum Gasteiger partial charge on any atom is 0.227 e. The smallest absolute Gasteiger partial charge is 0.227 e. The van der Waals surface area contributed by atoms with E-state index in [1.54, 1.807) is 0 Å². The first-order chi connectivity index (χ1) is 17.0. The Balaban J connectivity index is 0.00000169. The summed E-state index contributed by atoms with van der Waals surface area (Å²) in [4.78, 5) is 16.6. The van der Waals surface area contributed by atoms with Gasteiger partial charge in [0.25, 0.3) is 0 Å². The van der Waals surface area contributed by atoms with E-state index in [0.717, 1.165) is 54.9 Å². The fourth-order valence-corrected chi connectivity index (χ4v) is 5.49. The van der Waals surface area contributed by atoms with E-state index in [9.17, 15) is 0 Å². The van der Waals surface area contributed by atoms with Gasteiger partial charge in [0.15, 0.2) is 17.0 Å². The largest absolute Gasteiger partial charge is 0.373 e. The molecule has 2 aromatic heterocycles. The second-order valence-corrected chi connectivity index (χ2v) is 10.7. The van der Waals surface area contributed by atoms with E-state index in [4.69, 9.17) is 43.9 Å². The maximum atomic E-state index is 6.20. The van der Waals surface area contributed by atoms with Gasteiger partial charge in [0.2, 0.25) is 5.95 Å². The number of likely N-dealkylation sites (N-methyl/N-ethyl adjacent to an activating group) is 1. The van der Waals surface area contributed by atoms with E-state index in [2.05, 4.69) is 20.1 Å². The van der Waals surface area contributed by atoms with Gasteiger partial charge in [-0.05, 0) is 56.7 Å². The van der Waals surface area contributed by atoms with Gasteiger partial charge in [-0.1, -0.05) is 36.0 Å². The summed E-state index contributed by atoms with van der Waals surface area (Å²) in [5.74, 6) is 1.43. The molecule has 212 valence electrons. The van der Waals surface area contributed by atoms with Gasteiger partial charge < -0.3 is 25.8 Å². The van der Waals surface area contributed by atoms with Crippen LogP contribution in [0.2, 0.25) is 10.0 Å². The fraction of sp³-hybridized carbons (Fsp3) is 0.560. The van der Waals surface area contributed by atoms with Crippen LogP contribution in [0, 0.1) is 0 Å². The van der Waals surface area contributed by atoms with Gasteiger partial charge in [-0.2, -0.15) is 9.97 Å². The van der Waals surface area contributed by atoms with E-state index in [1.165, 1.54) is 25.7 Å². The molecule has 2 heterocycles. The van der Waals surface area contributed by atoms with Gasteiger partial charge in [0.1, 0.15) is 0 Å². The van der Waals surface area contributed by atoms with Crippen LogP contribution in [0.4, 0.5) is 17.5 Å². The van der Waals surface area contributed by atoms with E-state index >= 15 is 0 Å². The zero-order valence-electron chi connectivity index (χ0n) is 21.4. The summed E-state index contributed by atoms with van der Waals surface area (Å²) in [6.45, 7) is 1.45. The van der Waals surface area contributed by atoms with Crippen molar-refractivity contribution in [1.29, 1.82) is 0 Å². The van der Waals surface area contributed by atoms with Gasteiger partial charge in [-0.25, -0.2) is 4.98 Å². The summed E-state index contributed by atoms with van der Waals surface area (Å²) >= 11 is 12.3. The van der Waals surface area contributed by atoms with E-state index in [-0.39, 0.29) is 37.2 Å². The van der Waals surface area contributed by atoms with Crippen molar-refractivity contribution < 1.29 is 0 Å². The monoisotopic (exact) mass is 624 g/mol. The van der Waals surface area contributed by atoms with Crippen LogP contribution in [0.5, 0.6) is 0 Å². The lowest BCUT2D eigenvalue weighted by molar-refractivity contribution is 0.410. The zero-order valence-corrected chi connectivity index (χ0v) is 25.4. The maximum absolute atomic E-state index is 6.20. The SMILES string of the molecule is CN(CCNc1nc(NC2CCC(N)CC2)nc2c1ncn2C1CCCC1)c1ccc(Cl)c(Cl)c1.Cl.Cl.Cl. The third kappa shape index (κ3) is 7.61. The van der Waals surface area contributed by atoms with Crippen LogP contribution in [-0.4, -0.2) is 51.7 Å². The molecule has 13 heteroatoms. The average Bonchev–Trinajstić information content (AvgIpc) is 3.52. The van der Waals surface area contributed by atoms with Gasteiger partial charge in [-0.3, -0.25) is 0 Å². The van der Waals surface area contributed by atoms with Crippen molar-refractivity contribution in [1.82, 2.24) is 19.5 Å². The molecule has 0 radical (unpaired) electrons. The molecule has 2 aliphatic carbocycles. The van der Waals surface area contributed by atoms with Crippen molar-refractivity contribution in [2.75, 3.05) is 35.7 Å². The molecule has 3 aromatic rings. The summed E-state index contributed by atoms with van der Waals surface area (Å²) in [7, 11) is 2.03. The zero-order chi connectivity index (χ0) is 24.4. The van der Waals surface area contributed by atoms with Crippen LogP contribution in [-0.2, 0) is 0 Å². The molecule has 0 unspecified atom stereocenters. The van der Waals surface area contributed by atoms with Gasteiger partial charge >= 0.3 is 0 Å². The van der Waals surface area contributed by atoms with E-state index in [1.807, 2.05) is 31.6 Å². The molecular formula is C25H37Cl5N8. The number of nitrogens with zero attached hydrogens (tertiary/aromatic N) is 5. The number of benzene rings is 1. The van der Waals surface area contributed by atoms with Crippen molar-refractivity contribution in [3.05, 3.63) is 34.6 Å². The Hall–Kier alpha value is -1.42. The molecule has 38 heavy (non-hydrogen) atoms. The van der Waals surface area contributed by atoms with E-state index in [0.29, 0.717) is 40.7 Å². The molecule has 0 amide bonds. The first-order valence-electron chi connectivity index (χ1n) is 12.6. The molecular weight excluding hydrogens is 590 g/mol. The van der Waals surface area contributed by atoms with Crippen molar-refractivity contribution in [3.63, 3.8) is 0 Å². The molecule has 2 saturated carbocycles. The van der Waals surface area contributed by atoms with Crippen LogP contribution in [0.25, 0.3) is 11.2 Å². The molecule has 5 rings (SSSR count). The van der Waals surface area contributed by atoms with Gasteiger partial charge in [0.05, 0.1) is 16.4 Å². The van der Waals surface area contributed by atoms with Crippen molar-refractivity contribution >= 4 is 89.0 Å². The Bertz CT molecular complexity index is 1160. The minimum atomic E-state index is 0. The number of hydrogen-bond acceptors (Lipinski definition) is 7. The molecule has 2 fully saturated rings. The van der Waals surface area contributed by atoms with Crippen LogP contribution in [0.3, 0.4) is 0 Å². The number of anilines is 3. The van der Waals surface area contributed by atoms with Crippen LogP contribution < -0.4 is 21.3 Å². The predicted molar refractivity (Wildman–Crippen MR) is 167 cm³/mol. The highest BCUT2D eigenvalue weighted by atomic mass is 35.5. The lowest BCUT2D eigenvalue weighted by atomic mass is 9.92. The number of nitrogens with one attached hydrogen (secondary N) is 2. The first kappa shape index (κ1) is 32.8. The third-order valence-corrected chi connectivity index (χ3v) is 8.07. The first-order valence-corrected chi connectivity index (χ1v) is 13.4. The van der Waals surface area contributed by atoms with Gasteiger partial charge in [0, 0.05) is 44.0 Å². The van der Waals surface area contributed by atoms with Crippen LogP contribution in [0.15, 0.2) is 24.5 Å². The molecule has 2 aliphatic rings. The number of imidazole rings is 1. The number of halogens is 5. The highest BCUT2D eigenvalue weighted by Crippen LogP contribution is 2.33. The molecule has 1 aromatic carbocycles. The summed E-state index contributed by atoms with van der Waals surface area (Å²) in [5.41, 5.74) is 8.84. The molecule has 0 atom stereocenters. The number of aromatic nitrogens is 4.